The van der Waals surface area contributed by atoms with Gasteiger partial charge in [0.25, 0.3) is 5.91 Å². The first-order chi connectivity index (χ1) is 14.6. The minimum Gasteiger partial charge on any atom is -0.318 e. The molecule has 1 aliphatic rings. The third-order valence-electron chi connectivity index (χ3n) is 5.74. The number of amides is 1. The second-order valence-corrected chi connectivity index (χ2v) is 7.93. The normalized spacial score (nSPS) is 15.7. The molecule has 3 aromatic heterocycles. The van der Waals surface area contributed by atoms with E-state index in [1.54, 1.807) is 24.1 Å². The number of carbonyl (C=O) groups is 1. The van der Waals surface area contributed by atoms with Gasteiger partial charge in [-0.3, -0.25) is 19.3 Å². The van der Waals surface area contributed by atoms with Gasteiger partial charge in [-0.1, -0.05) is 6.07 Å². The van der Waals surface area contributed by atoms with E-state index in [9.17, 15) is 4.79 Å². The van der Waals surface area contributed by atoms with E-state index >= 15 is 0 Å². The number of aromatic nitrogens is 6. The van der Waals surface area contributed by atoms with Gasteiger partial charge < -0.3 is 10.2 Å². The third-order valence-corrected chi connectivity index (χ3v) is 5.74. The van der Waals surface area contributed by atoms with Crippen molar-refractivity contribution in [3.05, 3.63) is 48.7 Å². The van der Waals surface area contributed by atoms with Crippen LogP contribution in [0.2, 0.25) is 0 Å². The standard InChI is InChI=1S/C21H24N8O/c1-27-7-5-17(6-8-27)29-12-15(10-23-29)14-3-4-19-18(9-14)20(26-25-19)21(30)24-16-11-22-28(2)13-16/h3-4,9-13,17H,5-8H2,1-2H3,(H,24,30)(H,25,26). The highest BCUT2D eigenvalue weighted by atomic mass is 16.2. The lowest BCUT2D eigenvalue weighted by Crippen LogP contribution is -2.31. The topological polar surface area (TPSA) is 96.7 Å². The van der Waals surface area contributed by atoms with E-state index in [0.29, 0.717) is 17.4 Å². The monoisotopic (exact) mass is 404 g/mol. The van der Waals surface area contributed by atoms with Crippen LogP contribution < -0.4 is 5.32 Å². The van der Waals surface area contributed by atoms with Crippen molar-refractivity contribution in [1.82, 2.24) is 34.7 Å². The summed E-state index contributed by atoms with van der Waals surface area (Å²) < 4.78 is 3.72. The van der Waals surface area contributed by atoms with Crippen LogP contribution in [0.5, 0.6) is 0 Å². The number of nitrogens with one attached hydrogen (secondary N) is 2. The molecule has 1 amide bonds. The lowest BCUT2D eigenvalue weighted by atomic mass is 10.0. The van der Waals surface area contributed by atoms with Crippen LogP contribution in [0.25, 0.3) is 22.0 Å². The zero-order chi connectivity index (χ0) is 20.7. The quantitative estimate of drug-likeness (QED) is 0.545. The molecule has 1 aliphatic heterocycles. The highest BCUT2D eigenvalue weighted by Crippen LogP contribution is 2.28. The van der Waals surface area contributed by atoms with Gasteiger partial charge in [-0.25, -0.2) is 0 Å². The number of aryl methyl sites for hydroxylation is 1. The highest BCUT2D eigenvalue weighted by Gasteiger charge is 2.20. The van der Waals surface area contributed by atoms with E-state index in [1.807, 2.05) is 24.4 Å². The summed E-state index contributed by atoms with van der Waals surface area (Å²) in [6, 6.07) is 6.41. The third kappa shape index (κ3) is 3.48. The molecule has 4 heterocycles. The number of nitrogens with zero attached hydrogens (tertiary/aromatic N) is 6. The average Bonchev–Trinajstić information content (AvgIpc) is 3.47. The number of hydrogen-bond donors (Lipinski definition) is 2. The number of benzene rings is 1. The summed E-state index contributed by atoms with van der Waals surface area (Å²) in [4.78, 5) is 15.1. The van der Waals surface area contributed by atoms with Gasteiger partial charge in [-0.05, 0) is 50.7 Å². The highest BCUT2D eigenvalue weighted by molar-refractivity contribution is 6.11. The lowest BCUT2D eigenvalue weighted by molar-refractivity contribution is 0.102. The summed E-state index contributed by atoms with van der Waals surface area (Å²) in [5.74, 6) is -0.270. The molecule has 1 saturated heterocycles. The Labute approximate surface area is 173 Å². The van der Waals surface area contributed by atoms with Crippen molar-refractivity contribution in [2.75, 3.05) is 25.5 Å². The van der Waals surface area contributed by atoms with Crippen LogP contribution in [-0.4, -0.2) is 60.7 Å². The SMILES string of the molecule is CN1CCC(n2cc(-c3ccc4[nH]nc(C(=O)Nc5cnn(C)c5)c4c3)cn2)CC1. The molecule has 1 aromatic carbocycles. The van der Waals surface area contributed by atoms with Gasteiger partial charge in [0.2, 0.25) is 0 Å². The van der Waals surface area contributed by atoms with E-state index in [1.165, 1.54) is 0 Å². The molecule has 9 heteroatoms. The molecule has 0 aliphatic carbocycles. The Morgan fingerprint density at radius 2 is 1.93 bits per heavy atom. The number of likely N-dealkylation sites (tertiary alicyclic amines) is 1. The number of rotatable bonds is 4. The molecule has 0 unspecified atom stereocenters. The largest absolute Gasteiger partial charge is 0.318 e. The van der Waals surface area contributed by atoms with Gasteiger partial charge in [-0.2, -0.15) is 15.3 Å². The molecule has 5 rings (SSSR count). The summed E-state index contributed by atoms with van der Waals surface area (Å²) in [6.07, 6.45) is 9.57. The van der Waals surface area contributed by atoms with E-state index in [2.05, 4.69) is 48.5 Å². The van der Waals surface area contributed by atoms with Crippen molar-refractivity contribution < 1.29 is 4.79 Å². The summed E-state index contributed by atoms with van der Waals surface area (Å²) in [6.45, 7) is 2.19. The zero-order valence-electron chi connectivity index (χ0n) is 17.0. The van der Waals surface area contributed by atoms with Gasteiger partial charge >= 0.3 is 0 Å². The van der Waals surface area contributed by atoms with Crippen molar-refractivity contribution in [3.63, 3.8) is 0 Å². The van der Waals surface area contributed by atoms with E-state index < -0.39 is 0 Å². The fourth-order valence-corrected chi connectivity index (χ4v) is 3.99. The fourth-order valence-electron chi connectivity index (χ4n) is 3.99. The van der Waals surface area contributed by atoms with Crippen LogP contribution >= 0.6 is 0 Å². The van der Waals surface area contributed by atoms with Crippen molar-refractivity contribution >= 4 is 22.5 Å². The molecule has 0 saturated carbocycles. The second-order valence-electron chi connectivity index (χ2n) is 7.93. The minimum absolute atomic E-state index is 0.270. The number of hydrogen-bond acceptors (Lipinski definition) is 5. The number of piperidine rings is 1. The maximum atomic E-state index is 12.7. The van der Waals surface area contributed by atoms with Crippen LogP contribution in [0.1, 0.15) is 29.4 Å². The van der Waals surface area contributed by atoms with E-state index in [-0.39, 0.29) is 5.91 Å². The Balaban J connectivity index is 1.41. The Kier molecular flexibility index (Phi) is 4.59. The molecule has 154 valence electrons. The molecule has 1 fully saturated rings. The lowest BCUT2D eigenvalue weighted by Gasteiger charge is -2.28. The second kappa shape index (κ2) is 7.42. The summed E-state index contributed by atoms with van der Waals surface area (Å²) >= 11 is 0. The van der Waals surface area contributed by atoms with Gasteiger partial charge in [0, 0.05) is 30.4 Å². The van der Waals surface area contributed by atoms with Crippen LogP contribution in [0, 0.1) is 0 Å². The molecule has 0 radical (unpaired) electrons. The molecular weight excluding hydrogens is 380 g/mol. The maximum Gasteiger partial charge on any atom is 0.276 e. The summed E-state index contributed by atoms with van der Waals surface area (Å²) in [5.41, 5.74) is 3.86. The first-order valence-corrected chi connectivity index (χ1v) is 10.1. The Hall–Kier alpha value is -3.46. The number of H-pyrrole nitrogens is 1. The molecule has 0 spiro atoms. The van der Waals surface area contributed by atoms with Crippen molar-refractivity contribution in [2.24, 2.45) is 7.05 Å². The number of fused-ring (bicyclic) bond motifs is 1. The van der Waals surface area contributed by atoms with Crippen LogP contribution in [0.3, 0.4) is 0 Å². The number of carbonyl (C=O) groups excluding carboxylic acids is 1. The zero-order valence-corrected chi connectivity index (χ0v) is 17.0. The Morgan fingerprint density at radius 3 is 2.70 bits per heavy atom. The molecular formula is C21H24N8O. The first kappa shape index (κ1) is 18.6. The van der Waals surface area contributed by atoms with Crippen molar-refractivity contribution in [2.45, 2.75) is 18.9 Å². The fraction of sp³-hybridized carbons (Fsp3) is 0.333. The Morgan fingerprint density at radius 1 is 1.10 bits per heavy atom. The van der Waals surface area contributed by atoms with Crippen LogP contribution in [-0.2, 0) is 7.05 Å². The molecule has 0 bridgehead atoms. The van der Waals surface area contributed by atoms with Gasteiger partial charge in [0.15, 0.2) is 5.69 Å². The minimum atomic E-state index is -0.270. The smallest absolute Gasteiger partial charge is 0.276 e. The molecule has 4 aromatic rings. The van der Waals surface area contributed by atoms with E-state index in [0.717, 1.165) is 48.0 Å². The predicted molar refractivity (Wildman–Crippen MR) is 114 cm³/mol. The van der Waals surface area contributed by atoms with Gasteiger partial charge in [0.05, 0.1) is 29.6 Å². The molecule has 30 heavy (non-hydrogen) atoms. The summed E-state index contributed by atoms with van der Waals surface area (Å²) in [5, 5.41) is 19.5. The van der Waals surface area contributed by atoms with Gasteiger partial charge in [0.1, 0.15) is 0 Å². The van der Waals surface area contributed by atoms with Crippen LogP contribution in [0.15, 0.2) is 43.0 Å². The number of aromatic amines is 1. The summed E-state index contributed by atoms with van der Waals surface area (Å²) in [7, 11) is 3.96. The van der Waals surface area contributed by atoms with Crippen LogP contribution in [0.4, 0.5) is 5.69 Å². The molecule has 2 N–H and O–H groups in total. The van der Waals surface area contributed by atoms with Crippen molar-refractivity contribution in [3.8, 4) is 11.1 Å². The Bertz CT molecular complexity index is 1190. The number of anilines is 1. The first-order valence-electron chi connectivity index (χ1n) is 10.1. The predicted octanol–water partition coefficient (Wildman–Crippen LogP) is 2.68. The maximum absolute atomic E-state index is 12.7. The van der Waals surface area contributed by atoms with Gasteiger partial charge in [-0.15, -0.1) is 0 Å². The average molecular weight is 404 g/mol. The molecule has 9 nitrogen and oxygen atoms in total. The van der Waals surface area contributed by atoms with Crippen molar-refractivity contribution in [1.29, 1.82) is 0 Å². The van der Waals surface area contributed by atoms with E-state index in [4.69, 9.17) is 0 Å². The molecule has 0 atom stereocenters.